The van der Waals surface area contributed by atoms with Crippen LogP contribution in [0.15, 0.2) is 29.3 Å². The van der Waals surface area contributed by atoms with Crippen molar-refractivity contribution < 1.29 is 17.9 Å². The molecule has 1 atom stereocenters. The van der Waals surface area contributed by atoms with Crippen molar-refractivity contribution in [3.63, 3.8) is 0 Å². The lowest BCUT2D eigenvalue weighted by atomic mass is 9.89. The maximum Gasteiger partial charge on any atom is 0.294 e. The van der Waals surface area contributed by atoms with Gasteiger partial charge in [0, 0.05) is 17.8 Å². The van der Waals surface area contributed by atoms with Crippen LogP contribution in [0.4, 0.5) is 5.69 Å². The summed E-state index contributed by atoms with van der Waals surface area (Å²) in [4.78, 5) is 10.3. The second kappa shape index (κ2) is 6.93. The Hall–Kier alpha value is -2.26. The molecule has 0 radical (unpaired) electrons. The van der Waals surface area contributed by atoms with E-state index in [0.717, 1.165) is 49.1 Å². The average Bonchev–Trinajstić information content (AvgIpc) is 3.00. The lowest BCUT2D eigenvalue weighted by Crippen LogP contribution is -2.11. The Balaban J connectivity index is 2.09. The zero-order valence-corrected chi connectivity index (χ0v) is 14.3. The number of aromatic nitrogens is 2. The van der Waals surface area contributed by atoms with E-state index in [4.69, 9.17) is 0 Å². The number of benzene rings is 1. The van der Waals surface area contributed by atoms with E-state index in [1.165, 1.54) is 6.07 Å². The molecule has 2 N–H and O–H groups in total. The standard InChI is InChI=1S/C16H19N3O5S/c20-19(21)13-6-7-16(25(22,23)24)14(9-13)11-4-2-1-3-5-12-10-17-18-15(12)8-11/h6-7,9-11H,1-5,8H2,(H,17,18)(H,22,23,24). The average molecular weight is 365 g/mol. The molecule has 0 saturated heterocycles. The number of H-pyrrole nitrogens is 1. The van der Waals surface area contributed by atoms with Gasteiger partial charge in [-0.3, -0.25) is 19.8 Å². The Morgan fingerprint density at radius 2 is 2.08 bits per heavy atom. The third-order valence-corrected chi connectivity index (χ3v) is 5.61. The highest BCUT2D eigenvalue weighted by molar-refractivity contribution is 7.85. The minimum absolute atomic E-state index is 0.188. The second-order valence-corrected chi connectivity index (χ2v) is 7.72. The number of fused-ring (bicyclic) bond motifs is 1. The van der Waals surface area contributed by atoms with E-state index in [9.17, 15) is 23.1 Å². The smallest absolute Gasteiger partial charge is 0.282 e. The maximum absolute atomic E-state index is 11.8. The van der Waals surface area contributed by atoms with Crippen LogP contribution in [0.2, 0.25) is 0 Å². The van der Waals surface area contributed by atoms with Crippen LogP contribution in [0, 0.1) is 10.1 Å². The number of nitro groups is 1. The first-order valence-electron chi connectivity index (χ1n) is 8.13. The molecule has 0 aliphatic heterocycles. The first-order valence-corrected chi connectivity index (χ1v) is 9.57. The molecule has 0 saturated carbocycles. The number of hydrogen-bond donors (Lipinski definition) is 2. The molecule has 1 unspecified atom stereocenters. The van der Waals surface area contributed by atoms with Gasteiger partial charge in [-0.05, 0) is 48.8 Å². The van der Waals surface area contributed by atoms with E-state index in [-0.39, 0.29) is 16.5 Å². The van der Waals surface area contributed by atoms with Crippen LogP contribution >= 0.6 is 0 Å². The van der Waals surface area contributed by atoms with Gasteiger partial charge in [0.25, 0.3) is 15.8 Å². The zero-order valence-electron chi connectivity index (χ0n) is 13.5. The molecule has 2 aromatic rings. The third kappa shape index (κ3) is 3.88. The Labute approximate surface area is 145 Å². The summed E-state index contributed by atoms with van der Waals surface area (Å²) in [6.07, 6.45) is 6.74. The highest BCUT2D eigenvalue weighted by Gasteiger charge is 2.26. The number of aromatic amines is 1. The molecule has 9 heteroatoms. The van der Waals surface area contributed by atoms with Crippen molar-refractivity contribution in [3.8, 4) is 0 Å². The van der Waals surface area contributed by atoms with Crippen LogP contribution in [0.5, 0.6) is 0 Å². The minimum Gasteiger partial charge on any atom is -0.282 e. The number of nitrogens with zero attached hydrogens (tertiary/aromatic N) is 2. The molecule has 0 bridgehead atoms. The Bertz CT molecular complexity index is 891. The normalized spacial score (nSPS) is 18.7. The first-order chi connectivity index (χ1) is 11.9. The van der Waals surface area contributed by atoms with Crippen LogP contribution in [0.3, 0.4) is 0 Å². The molecule has 1 aromatic heterocycles. The van der Waals surface area contributed by atoms with Crippen molar-refractivity contribution in [3.05, 3.63) is 51.3 Å². The Morgan fingerprint density at radius 1 is 1.28 bits per heavy atom. The van der Waals surface area contributed by atoms with E-state index >= 15 is 0 Å². The quantitative estimate of drug-likeness (QED) is 0.489. The van der Waals surface area contributed by atoms with E-state index < -0.39 is 15.0 Å². The van der Waals surface area contributed by atoms with Gasteiger partial charge in [-0.1, -0.05) is 12.8 Å². The number of non-ortho nitro benzene ring substituents is 1. The van der Waals surface area contributed by atoms with Crippen molar-refractivity contribution in [2.24, 2.45) is 0 Å². The molecule has 1 aliphatic rings. The van der Waals surface area contributed by atoms with Crippen molar-refractivity contribution in [1.82, 2.24) is 10.2 Å². The summed E-state index contributed by atoms with van der Waals surface area (Å²) in [6, 6.07) is 3.48. The fraction of sp³-hybridized carbons (Fsp3) is 0.438. The molecule has 3 rings (SSSR count). The monoisotopic (exact) mass is 365 g/mol. The van der Waals surface area contributed by atoms with Gasteiger partial charge in [0.05, 0.1) is 16.0 Å². The van der Waals surface area contributed by atoms with Gasteiger partial charge < -0.3 is 0 Å². The summed E-state index contributed by atoms with van der Waals surface area (Å²) in [5.74, 6) is -0.255. The van der Waals surface area contributed by atoms with Crippen molar-refractivity contribution in [2.45, 2.75) is 49.3 Å². The predicted molar refractivity (Wildman–Crippen MR) is 90.1 cm³/mol. The van der Waals surface area contributed by atoms with Gasteiger partial charge in [0.2, 0.25) is 0 Å². The predicted octanol–water partition coefficient (Wildman–Crippen LogP) is 3.01. The van der Waals surface area contributed by atoms with Crippen molar-refractivity contribution >= 4 is 15.8 Å². The highest BCUT2D eigenvalue weighted by atomic mass is 32.2. The summed E-state index contributed by atoms with van der Waals surface area (Å²) in [7, 11) is -4.47. The van der Waals surface area contributed by atoms with E-state index in [0.29, 0.717) is 18.4 Å². The van der Waals surface area contributed by atoms with Crippen LogP contribution in [0.1, 0.15) is 48.4 Å². The maximum atomic E-state index is 11.8. The highest BCUT2D eigenvalue weighted by Crippen LogP contribution is 2.35. The van der Waals surface area contributed by atoms with Crippen LogP contribution in [-0.2, 0) is 23.0 Å². The number of hydrogen-bond acceptors (Lipinski definition) is 5. The summed E-state index contributed by atoms with van der Waals surface area (Å²) in [5, 5.41) is 18.1. The summed E-state index contributed by atoms with van der Waals surface area (Å²) >= 11 is 0. The topological polar surface area (TPSA) is 126 Å². The lowest BCUT2D eigenvalue weighted by molar-refractivity contribution is -0.385. The first kappa shape index (κ1) is 17.6. The SMILES string of the molecule is O=[N+]([O-])c1ccc(S(=O)(=O)O)c(C2CCCCCc3cn[nH]c3C2)c1. The third-order valence-electron chi connectivity index (χ3n) is 4.68. The fourth-order valence-corrected chi connectivity index (χ4v) is 4.19. The molecule has 1 aromatic carbocycles. The Kier molecular flexibility index (Phi) is 4.87. The van der Waals surface area contributed by atoms with Crippen LogP contribution in [-0.4, -0.2) is 28.1 Å². The van der Waals surface area contributed by atoms with Gasteiger partial charge >= 0.3 is 0 Å². The fourth-order valence-electron chi connectivity index (χ4n) is 3.43. The van der Waals surface area contributed by atoms with Crippen molar-refractivity contribution in [2.75, 3.05) is 0 Å². The molecule has 134 valence electrons. The number of nitrogens with one attached hydrogen (secondary N) is 1. The van der Waals surface area contributed by atoms with Gasteiger partial charge in [0.1, 0.15) is 0 Å². The number of nitro benzene ring substituents is 1. The molecule has 1 aliphatic carbocycles. The van der Waals surface area contributed by atoms with Crippen molar-refractivity contribution in [1.29, 1.82) is 0 Å². The molecular formula is C16H19N3O5S. The summed E-state index contributed by atoms with van der Waals surface area (Å²) in [6.45, 7) is 0. The van der Waals surface area contributed by atoms with Gasteiger partial charge in [-0.15, -0.1) is 0 Å². The van der Waals surface area contributed by atoms with Gasteiger partial charge in [0.15, 0.2) is 0 Å². The van der Waals surface area contributed by atoms with E-state index in [1.807, 2.05) is 0 Å². The van der Waals surface area contributed by atoms with Crippen LogP contribution < -0.4 is 0 Å². The van der Waals surface area contributed by atoms with Gasteiger partial charge in [-0.25, -0.2) is 0 Å². The molecule has 0 fully saturated rings. The second-order valence-electron chi connectivity index (χ2n) is 6.33. The molecule has 1 heterocycles. The molecule has 0 amide bonds. The zero-order chi connectivity index (χ0) is 18.0. The molecule has 0 spiro atoms. The van der Waals surface area contributed by atoms with E-state index in [1.54, 1.807) is 6.20 Å². The molecular weight excluding hydrogens is 346 g/mol. The number of aryl methyl sites for hydroxylation is 1. The lowest BCUT2D eigenvalue weighted by Gasteiger charge is -2.19. The van der Waals surface area contributed by atoms with Gasteiger partial charge in [-0.2, -0.15) is 13.5 Å². The minimum atomic E-state index is -4.47. The summed E-state index contributed by atoms with van der Waals surface area (Å²) in [5.41, 5.74) is 2.11. The Morgan fingerprint density at radius 3 is 2.80 bits per heavy atom. The molecule has 8 nitrogen and oxygen atoms in total. The largest absolute Gasteiger partial charge is 0.294 e. The van der Waals surface area contributed by atoms with E-state index in [2.05, 4.69) is 10.2 Å². The van der Waals surface area contributed by atoms with Crippen LogP contribution in [0.25, 0.3) is 0 Å². The number of rotatable bonds is 3. The molecule has 25 heavy (non-hydrogen) atoms. The summed E-state index contributed by atoms with van der Waals surface area (Å²) < 4.78 is 33.1.